The topological polar surface area (TPSA) is 49.9 Å². The summed E-state index contributed by atoms with van der Waals surface area (Å²) in [6.07, 6.45) is -0.388. The SMILES string of the molecule is C[C@H]1CN(C(=O)c2cc(I)c(F)cc2Cl)CCN1C(=O)OC(C)(C)C. The Morgan fingerprint density at radius 2 is 1.96 bits per heavy atom. The van der Waals surface area contributed by atoms with E-state index in [2.05, 4.69) is 0 Å². The molecule has 25 heavy (non-hydrogen) atoms. The Hall–Kier alpha value is -1.09. The Morgan fingerprint density at radius 1 is 1.32 bits per heavy atom. The number of rotatable bonds is 1. The Labute approximate surface area is 165 Å². The summed E-state index contributed by atoms with van der Waals surface area (Å²) < 4.78 is 19.3. The van der Waals surface area contributed by atoms with E-state index in [4.69, 9.17) is 16.3 Å². The second-order valence-electron chi connectivity index (χ2n) is 7.02. The molecule has 1 heterocycles. The third-order valence-corrected chi connectivity index (χ3v) is 4.92. The minimum absolute atomic E-state index is 0.0881. The number of carbonyl (C=O) groups excluding carboxylic acids is 2. The van der Waals surface area contributed by atoms with Crippen LogP contribution in [0.1, 0.15) is 38.1 Å². The van der Waals surface area contributed by atoms with Crippen LogP contribution in [-0.2, 0) is 4.74 Å². The second kappa shape index (κ2) is 7.65. The first-order chi connectivity index (χ1) is 11.5. The number of hydrogen-bond donors (Lipinski definition) is 0. The van der Waals surface area contributed by atoms with E-state index in [1.54, 1.807) is 9.80 Å². The third-order valence-electron chi connectivity index (χ3n) is 3.78. The summed E-state index contributed by atoms with van der Waals surface area (Å²) in [4.78, 5) is 28.2. The standard InChI is InChI=1S/C17H21ClFIN2O3/c1-10-9-21(5-6-22(10)16(24)25-17(2,3)4)15(23)11-7-14(20)13(19)8-12(11)18/h7-8,10H,5-6,9H2,1-4H3/t10-/m0/s1. The fraction of sp³-hybridized carbons (Fsp3) is 0.529. The molecule has 0 saturated carbocycles. The molecule has 1 saturated heterocycles. The number of piperazine rings is 1. The van der Waals surface area contributed by atoms with Crippen LogP contribution in [0.2, 0.25) is 5.02 Å². The van der Waals surface area contributed by atoms with Crippen molar-refractivity contribution >= 4 is 46.2 Å². The van der Waals surface area contributed by atoms with Gasteiger partial charge in [-0.25, -0.2) is 9.18 Å². The molecule has 0 aromatic heterocycles. The normalized spacial score (nSPS) is 18.3. The first-order valence-electron chi connectivity index (χ1n) is 7.93. The van der Waals surface area contributed by atoms with Gasteiger partial charge in [-0.15, -0.1) is 0 Å². The quantitative estimate of drug-likeness (QED) is 0.446. The van der Waals surface area contributed by atoms with E-state index in [9.17, 15) is 14.0 Å². The van der Waals surface area contributed by atoms with E-state index < -0.39 is 11.4 Å². The number of benzene rings is 1. The molecule has 1 fully saturated rings. The molecular formula is C17H21ClFIN2O3. The van der Waals surface area contributed by atoms with Gasteiger partial charge in [-0.2, -0.15) is 0 Å². The molecule has 0 spiro atoms. The predicted molar refractivity (Wildman–Crippen MR) is 102 cm³/mol. The van der Waals surface area contributed by atoms with Gasteiger partial charge in [0.2, 0.25) is 0 Å². The lowest BCUT2D eigenvalue weighted by Crippen LogP contribution is -2.56. The van der Waals surface area contributed by atoms with Crippen molar-refractivity contribution in [2.75, 3.05) is 19.6 Å². The lowest BCUT2D eigenvalue weighted by atomic mass is 10.1. The molecule has 138 valence electrons. The smallest absolute Gasteiger partial charge is 0.410 e. The number of halogens is 3. The van der Waals surface area contributed by atoms with Crippen molar-refractivity contribution in [3.63, 3.8) is 0 Å². The van der Waals surface area contributed by atoms with Crippen LogP contribution in [0.15, 0.2) is 12.1 Å². The van der Waals surface area contributed by atoms with Crippen molar-refractivity contribution in [2.45, 2.75) is 39.3 Å². The van der Waals surface area contributed by atoms with Crippen molar-refractivity contribution in [3.05, 3.63) is 32.1 Å². The molecule has 2 rings (SSSR count). The van der Waals surface area contributed by atoms with Gasteiger partial charge in [-0.1, -0.05) is 11.6 Å². The Balaban J connectivity index is 2.09. The van der Waals surface area contributed by atoms with Crippen LogP contribution < -0.4 is 0 Å². The largest absolute Gasteiger partial charge is 0.444 e. The molecular weight excluding hydrogens is 462 g/mol. The fourth-order valence-electron chi connectivity index (χ4n) is 2.59. The van der Waals surface area contributed by atoms with Gasteiger partial charge < -0.3 is 14.5 Å². The molecule has 1 aliphatic rings. The van der Waals surface area contributed by atoms with Crippen LogP contribution in [-0.4, -0.2) is 53.1 Å². The molecule has 0 aliphatic carbocycles. The molecule has 0 unspecified atom stereocenters. The number of amides is 2. The Kier molecular flexibility index (Phi) is 6.19. The highest BCUT2D eigenvalue weighted by molar-refractivity contribution is 14.1. The number of hydrogen-bond acceptors (Lipinski definition) is 3. The molecule has 1 aromatic carbocycles. The minimum atomic E-state index is -0.567. The first-order valence-corrected chi connectivity index (χ1v) is 9.38. The van der Waals surface area contributed by atoms with E-state index in [-0.39, 0.29) is 28.6 Å². The summed E-state index contributed by atoms with van der Waals surface area (Å²) in [5.74, 6) is -0.719. The molecule has 0 N–H and O–H groups in total. The van der Waals surface area contributed by atoms with Crippen LogP contribution in [0.3, 0.4) is 0 Å². The Bertz CT molecular complexity index is 693. The average molecular weight is 483 g/mol. The summed E-state index contributed by atoms with van der Waals surface area (Å²) >= 11 is 7.85. The monoisotopic (exact) mass is 482 g/mol. The lowest BCUT2D eigenvalue weighted by molar-refractivity contribution is 0.00198. The van der Waals surface area contributed by atoms with Gasteiger partial charge in [-0.05, 0) is 62.4 Å². The highest BCUT2D eigenvalue weighted by Gasteiger charge is 2.33. The van der Waals surface area contributed by atoms with E-state index >= 15 is 0 Å². The maximum absolute atomic E-state index is 13.5. The van der Waals surface area contributed by atoms with Crippen LogP contribution in [0.4, 0.5) is 9.18 Å². The Morgan fingerprint density at radius 3 is 2.52 bits per heavy atom. The molecule has 1 aromatic rings. The van der Waals surface area contributed by atoms with Gasteiger partial charge in [-0.3, -0.25) is 4.79 Å². The summed E-state index contributed by atoms with van der Waals surface area (Å²) in [5.41, 5.74) is -0.299. The lowest BCUT2D eigenvalue weighted by Gasteiger charge is -2.40. The summed E-state index contributed by atoms with van der Waals surface area (Å²) in [7, 11) is 0. The molecule has 8 heteroatoms. The van der Waals surface area contributed by atoms with E-state index in [0.717, 1.165) is 6.07 Å². The zero-order valence-corrected chi connectivity index (χ0v) is 17.5. The average Bonchev–Trinajstić information content (AvgIpc) is 2.48. The van der Waals surface area contributed by atoms with Crippen molar-refractivity contribution in [2.24, 2.45) is 0 Å². The van der Waals surface area contributed by atoms with E-state index in [1.165, 1.54) is 6.07 Å². The van der Waals surface area contributed by atoms with Crippen molar-refractivity contribution in [3.8, 4) is 0 Å². The van der Waals surface area contributed by atoms with Gasteiger partial charge in [0, 0.05) is 29.2 Å². The van der Waals surface area contributed by atoms with Gasteiger partial charge in [0.25, 0.3) is 5.91 Å². The van der Waals surface area contributed by atoms with E-state index in [1.807, 2.05) is 50.3 Å². The molecule has 0 radical (unpaired) electrons. The van der Waals surface area contributed by atoms with Gasteiger partial charge in [0.1, 0.15) is 11.4 Å². The van der Waals surface area contributed by atoms with Gasteiger partial charge >= 0.3 is 6.09 Å². The van der Waals surface area contributed by atoms with Crippen LogP contribution in [0.5, 0.6) is 0 Å². The number of carbonyl (C=O) groups is 2. The maximum Gasteiger partial charge on any atom is 0.410 e. The third kappa shape index (κ3) is 4.97. The molecule has 1 atom stereocenters. The number of nitrogens with zero attached hydrogens (tertiary/aromatic N) is 2. The van der Waals surface area contributed by atoms with Crippen LogP contribution >= 0.6 is 34.2 Å². The van der Waals surface area contributed by atoms with E-state index in [0.29, 0.717) is 23.2 Å². The zero-order chi connectivity index (χ0) is 18.9. The minimum Gasteiger partial charge on any atom is -0.444 e. The van der Waals surface area contributed by atoms with Crippen LogP contribution in [0.25, 0.3) is 0 Å². The highest BCUT2D eigenvalue weighted by Crippen LogP contribution is 2.25. The van der Waals surface area contributed by atoms with Crippen molar-refractivity contribution < 1.29 is 18.7 Å². The molecule has 2 amide bonds. The van der Waals surface area contributed by atoms with Gasteiger partial charge in [0.05, 0.1) is 10.6 Å². The molecule has 5 nitrogen and oxygen atoms in total. The predicted octanol–water partition coefficient (Wildman–Crippen LogP) is 4.17. The summed E-state index contributed by atoms with van der Waals surface area (Å²) in [6.45, 7) is 8.40. The van der Waals surface area contributed by atoms with Crippen LogP contribution in [0, 0.1) is 9.39 Å². The molecule has 0 bridgehead atoms. The van der Waals surface area contributed by atoms with Crippen molar-refractivity contribution in [1.82, 2.24) is 9.80 Å². The summed E-state index contributed by atoms with van der Waals surface area (Å²) in [6, 6.07) is 2.41. The first kappa shape index (κ1) is 20.2. The molecule has 1 aliphatic heterocycles. The summed E-state index contributed by atoms with van der Waals surface area (Å²) in [5, 5.41) is 0.0881. The number of ether oxygens (including phenoxy) is 1. The van der Waals surface area contributed by atoms with Gasteiger partial charge in [0.15, 0.2) is 0 Å². The second-order valence-corrected chi connectivity index (χ2v) is 8.59. The van der Waals surface area contributed by atoms with Crippen molar-refractivity contribution in [1.29, 1.82) is 0 Å². The zero-order valence-electron chi connectivity index (χ0n) is 14.6. The maximum atomic E-state index is 13.5. The fourth-order valence-corrected chi connectivity index (χ4v) is 3.29. The highest BCUT2D eigenvalue weighted by atomic mass is 127.